The van der Waals surface area contributed by atoms with Crippen molar-refractivity contribution < 1.29 is 4.79 Å². The molecule has 2 unspecified atom stereocenters. The average Bonchev–Trinajstić information content (AvgIpc) is 2.23. The Balaban J connectivity index is 4.23. The zero-order valence-electron chi connectivity index (χ0n) is 10.3. The van der Waals surface area contributed by atoms with E-state index in [1.165, 1.54) is 19.3 Å². The highest BCUT2D eigenvalue weighted by atomic mass is 127. The third-order valence-corrected chi connectivity index (χ3v) is 3.64. The fraction of sp³-hybridized carbons (Fsp3) is 0.917. The van der Waals surface area contributed by atoms with Crippen LogP contribution in [0, 0.1) is 11.8 Å². The molecule has 3 heteroatoms. The lowest BCUT2D eigenvalue weighted by atomic mass is 9.89. The van der Waals surface area contributed by atoms with Gasteiger partial charge in [0.05, 0.1) is 6.04 Å². The number of Topliss-reactive ketones (excluding diaryl/α,β-unsaturated/α-hetero) is 1. The largest absolute Gasteiger partial charge is 0.298 e. The van der Waals surface area contributed by atoms with E-state index in [0.717, 1.165) is 6.42 Å². The highest BCUT2D eigenvalue weighted by Gasteiger charge is 2.22. The quantitative estimate of drug-likeness (QED) is 0.544. The van der Waals surface area contributed by atoms with Crippen LogP contribution >= 0.6 is 22.9 Å². The SMILES string of the molecule is CCCC(CC)CC(NI)C(=O)C(C)C. The number of hydrogen-bond acceptors (Lipinski definition) is 2. The lowest BCUT2D eigenvalue weighted by Gasteiger charge is -2.21. The summed E-state index contributed by atoms with van der Waals surface area (Å²) in [7, 11) is 0. The first-order chi connectivity index (χ1) is 7.06. The first-order valence-electron chi connectivity index (χ1n) is 5.96. The third-order valence-electron chi connectivity index (χ3n) is 2.89. The molecule has 0 saturated carbocycles. The third kappa shape index (κ3) is 5.85. The average molecular weight is 325 g/mol. The molecule has 1 N–H and O–H groups in total. The molecule has 0 aromatic heterocycles. The van der Waals surface area contributed by atoms with Gasteiger partial charge in [0.1, 0.15) is 0 Å². The molecule has 2 nitrogen and oxygen atoms in total. The predicted molar refractivity (Wildman–Crippen MR) is 74.1 cm³/mol. The van der Waals surface area contributed by atoms with Crippen LogP contribution in [0.25, 0.3) is 0 Å². The molecule has 0 rings (SSSR count). The molecule has 0 heterocycles. The molecule has 0 spiro atoms. The van der Waals surface area contributed by atoms with Crippen molar-refractivity contribution in [3.05, 3.63) is 0 Å². The van der Waals surface area contributed by atoms with E-state index in [1.807, 2.05) is 13.8 Å². The molecule has 90 valence electrons. The monoisotopic (exact) mass is 325 g/mol. The number of ketones is 1. The molecule has 0 saturated heterocycles. The maximum absolute atomic E-state index is 11.9. The molecular formula is C12H24INO. The maximum Gasteiger partial charge on any atom is 0.153 e. The maximum atomic E-state index is 11.9. The lowest BCUT2D eigenvalue weighted by Crippen LogP contribution is -2.35. The van der Waals surface area contributed by atoms with Gasteiger partial charge in [-0.05, 0) is 12.3 Å². The van der Waals surface area contributed by atoms with E-state index in [4.69, 9.17) is 0 Å². The summed E-state index contributed by atoms with van der Waals surface area (Å²) < 4.78 is 3.13. The van der Waals surface area contributed by atoms with Crippen molar-refractivity contribution in [1.82, 2.24) is 3.53 Å². The number of carbonyl (C=O) groups is 1. The lowest BCUT2D eigenvalue weighted by molar-refractivity contribution is -0.123. The summed E-state index contributed by atoms with van der Waals surface area (Å²) in [6.45, 7) is 8.37. The smallest absolute Gasteiger partial charge is 0.153 e. The van der Waals surface area contributed by atoms with Crippen LogP contribution < -0.4 is 3.53 Å². The summed E-state index contributed by atoms with van der Waals surface area (Å²) in [6.07, 6.45) is 4.61. The Labute approximate surface area is 108 Å². The molecule has 15 heavy (non-hydrogen) atoms. The minimum absolute atomic E-state index is 0.0436. The number of hydrogen-bond donors (Lipinski definition) is 1. The Bertz CT molecular complexity index is 182. The standard InChI is InChI=1S/C12H24INO/c1-5-7-10(6-2)8-11(14-13)12(15)9(3)4/h9-11,14H,5-8H2,1-4H3. The number of carbonyl (C=O) groups excluding carboxylic acids is 1. The number of nitrogens with one attached hydrogen (secondary N) is 1. The van der Waals surface area contributed by atoms with Crippen LogP contribution in [0.5, 0.6) is 0 Å². The van der Waals surface area contributed by atoms with Crippen LogP contribution in [0.4, 0.5) is 0 Å². The van der Waals surface area contributed by atoms with Crippen molar-refractivity contribution in [2.45, 2.75) is 59.4 Å². The van der Waals surface area contributed by atoms with Crippen molar-refractivity contribution in [2.24, 2.45) is 11.8 Å². The van der Waals surface area contributed by atoms with E-state index in [9.17, 15) is 4.79 Å². The topological polar surface area (TPSA) is 29.1 Å². The molecule has 0 aromatic carbocycles. The molecule has 0 aliphatic rings. The van der Waals surface area contributed by atoms with E-state index in [1.54, 1.807) is 0 Å². The molecule has 0 fully saturated rings. The van der Waals surface area contributed by atoms with Crippen molar-refractivity contribution in [1.29, 1.82) is 0 Å². The molecule has 0 aliphatic heterocycles. The van der Waals surface area contributed by atoms with Crippen molar-refractivity contribution in [3.8, 4) is 0 Å². The Hall–Kier alpha value is 0.360. The van der Waals surface area contributed by atoms with E-state index in [-0.39, 0.29) is 12.0 Å². The zero-order valence-corrected chi connectivity index (χ0v) is 12.5. The Morgan fingerprint density at radius 2 is 1.93 bits per heavy atom. The summed E-state index contributed by atoms with van der Waals surface area (Å²) in [5.74, 6) is 1.17. The molecule has 2 atom stereocenters. The predicted octanol–water partition coefficient (Wildman–Crippen LogP) is 3.74. The first-order valence-corrected chi connectivity index (χ1v) is 7.04. The summed E-state index contributed by atoms with van der Waals surface area (Å²) in [5, 5.41) is 0. The van der Waals surface area contributed by atoms with Gasteiger partial charge in [-0.3, -0.25) is 8.32 Å². The number of halogens is 1. The molecule has 0 radical (unpaired) electrons. The molecule has 0 amide bonds. The van der Waals surface area contributed by atoms with Gasteiger partial charge >= 0.3 is 0 Å². The summed E-state index contributed by atoms with van der Waals surface area (Å²) in [5.41, 5.74) is 0. The van der Waals surface area contributed by atoms with Gasteiger partial charge in [0.2, 0.25) is 0 Å². The van der Waals surface area contributed by atoms with Crippen molar-refractivity contribution in [2.75, 3.05) is 0 Å². The van der Waals surface area contributed by atoms with E-state index < -0.39 is 0 Å². The Morgan fingerprint density at radius 3 is 2.27 bits per heavy atom. The van der Waals surface area contributed by atoms with E-state index in [2.05, 4.69) is 40.2 Å². The van der Waals surface area contributed by atoms with Gasteiger partial charge in [-0.2, -0.15) is 0 Å². The van der Waals surface area contributed by atoms with Crippen LogP contribution in [-0.2, 0) is 4.79 Å². The second-order valence-electron chi connectivity index (χ2n) is 4.52. The Morgan fingerprint density at radius 1 is 1.33 bits per heavy atom. The molecular weight excluding hydrogens is 301 g/mol. The van der Waals surface area contributed by atoms with Gasteiger partial charge in [0.15, 0.2) is 5.78 Å². The van der Waals surface area contributed by atoms with Gasteiger partial charge in [0.25, 0.3) is 0 Å². The van der Waals surface area contributed by atoms with Crippen LogP contribution in [0.15, 0.2) is 0 Å². The van der Waals surface area contributed by atoms with E-state index >= 15 is 0 Å². The molecule has 0 aromatic rings. The first kappa shape index (κ1) is 15.4. The van der Waals surface area contributed by atoms with Crippen LogP contribution in [0.3, 0.4) is 0 Å². The van der Waals surface area contributed by atoms with Gasteiger partial charge in [-0.1, -0.05) is 47.0 Å². The normalized spacial score (nSPS) is 15.3. The van der Waals surface area contributed by atoms with Crippen LogP contribution in [0.1, 0.15) is 53.4 Å². The fourth-order valence-electron chi connectivity index (χ4n) is 1.85. The summed E-state index contributed by atoms with van der Waals surface area (Å²) >= 11 is 2.11. The second-order valence-corrected chi connectivity index (χ2v) is 5.14. The highest BCUT2D eigenvalue weighted by Crippen LogP contribution is 2.19. The summed E-state index contributed by atoms with van der Waals surface area (Å²) in [6, 6.07) is 0.0436. The highest BCUT2D eigenvalue weighted by molar-refractivity contribution is 14.1. The van der Waals surface area contributed by atoms with E-state index in [0.29, 0.717) is 11.7 Å². The van der Waals surface area contributed by atoms with Crippen molar-refractivity contribution in [3.63, 3.8) is 0 Å². The van der Waals surface area contributed by atoms with Gasteiger partial charge in [0, 0.05) is 28.8 Å². The van der Waals surface area contributed by atoms with Gasteiger partial charge in [-0.25, -0.2) is 0 Å². The summed E-state index contributed by atoms with van der Waals surface area (Å²) in [4.78, 5) is 11.9. The fourth-order valence-corrected chi connectivity index (χ4v) is 2.41. The molecule has 0 bridgehead atoms. The van der Waals surface area contributed by atoms with Crippen LogP contribution in [0.2, 0.25) is 0 Å². The van der Waals surface area contributed by atoms with Gasteiger partial charge < -0.3 is 0 Å². The van der Waals surface area contributed by atoms with Crippen molar-refractivity contribution >= 4 is 28.6 Å². The zero-order chi connectivity index (χ0) is 11.8. The molecule has 0 aliphatic carbocycles. The Kier molecular flexibility index (Phi) is 8.71. The van der Waals surface area contributed by atoms with Crippen LogP contribution in [-0.4, -0.2) is 11.8 Å². The second kappa shape index (κ2) is 8.50. The van der Waals surface area contributed by atoms with Gasteiger partial charge in [-0.15, -0.1) is 0 Å². The number of rotatable bonds is 8. The minimum atomic E-state index is 0.0436. The minimum Gasteiger partial charge on any atom is -0.298 e.